The van der Waals surface area contributed by atoms with Crippen molar-refractivity contribution < 1.29 is 27.5 Å². The van der Waals surface area contributed by atoms with E-state index in [0.717, 1.165) is 12.8 Å². The Labute approximate surface area is 150 Å². The molecular weight excluding hydrogens is 362 g/mol. The summed E-state index contributed by atoms with van der Waals surface area (Å²) in [6, 6.07) is 3.17. The molecule has 1 N–H and O–H groups in total. The zero-order valence-corrected chi connectivity index (χ0v) is 15.4. The minimum atomic E-state index is -3.83. The first-order valence-electron chi connectivity index (χ1n) is 7.96. The first-order chi connectivity index (χ1) is 12.2. The highest BCUT2D eigenvalue weighted by Crippen LogP contribution is 2.36. The van der Waals surface area contributed by atoms with Gasteiger partial charge in [-0.05, 0) is 49.9 Å². The number of carbonyl (C=O) groups is 1. The third-order valence-electron chi connectivity index (χ3n) is 4.13. The van der Waals surface area contributed by atoms with Gasteiger partial charge in [0, 0.05) is 6.04 Å². The molecule has 9 nitrogen and oxygen atoms in total. The maximum atomic E-state index is 13.3. The lowest BCUT2D eigenvalue weighted by atomic mass is 10.1. The van der Waals surface area contributed by atoms with E-state index in [1.165, 1.54) is 11.4 Å². The minimum Gasteiger partial charge on any atom is -0.497 e. The maximum absolute atomic E-state index is 13.3. The van der Waals surface area contributed by atoms with Crippen molar-refractivity contribution in [1.82, 2.24) is 14.5 Å². The third kappa shape index (κ3) is 3.42. The average Bonchev–Trinajstić information content (AvgIpc) is 3.28. The largest absolute Gasteiger partial charge is 0.497 e. The predicted molar refractivity (Wildman–Crippen MR) is 89.5 cm³/mol. The van der Waals surface area contributed by atoms with Gasteiger partial charge in [0.05, 0.1) is 18.6 Å². The van der Waals surface area contributed by atoms with Gasteiger partial charge in [-0.1, -0.05) is 0 Å². The van der Waals surface area contributed by atoms with Gasteiger partial charge in [-0.25, -0.2) is 13.2 Å². The molecule has 1 heterocycles. The van der Waals surface area contributed by atoms with Gasteiger partial charge in [0.1, 0.15) is 5.75 Å². The summed E-state index contributed by atoms with van der Waals surface area (Å²) < 4.78 is 38.1. The van der Waals surface area contributed by atoms with E-state index in [9.17, 15) is 13.2 Å². The van der Waals surface area contributed by atoms with E-state index in [-0.39, 0.29) is 23.4 Å². The summed E-state index contributed by atoms with van der Waals surface area (Å²) in [7, 11) is -2.31. The van der Waals surface area contributed by atoms with E-state index in [1.54, 1.807) is 26.0 Å². The molecule has 26 heavy (non-hydrogen) atoms. The molecule has 1 aromatic carbocycles. The molecule has 10 heteroatoms. The van der Waals surface area contributed by atoms with Crippen LogP contribution in [0.2, 0.25) is 0 Å². The number of carboxylic acids is 1. The van der Waals surface area contributed by atoms with E-state index < -0.39 is 21.9 Å². The summed E-state index contributed by atoms with van der Waals surface area (Å²) in [5.41, 5.74) is 1.15. The fourth-order valence-electron chi connectivity index (χ4n) is 2.86. The summed E-state index contributed by atoms with van der Waals surface area (Å²) in [6.07, 6.45) is 1.46. The predicted octanol–water partition coefficient (Wildman–Crippen LogP) is 1.75. The van der Waals surface area contributed by atoms with Gasteiger partial charge in [0.25, 0.3) is 0 Å². The Morgan fingerprint density at radius 1 is 1.31 bits per heavy atom. The lowest BCUT2D eigenvalue weighted by Crippen LogP contribution is -2.33. The number of aromatic nitrogens is 2. The molecule has 0 bridgehead atoms. The molecule has 0 radical (unpaired) electrons. The number of nitrogens with zero attached hydrogens (tertiary/aromatic N) is 3. The van der Waals surface area contributed by atoms with Crippen LogP contribution in [0.25, 0.3) is 0 Å². The van der Waals surface area contributed by atoms with Crippen molar-refractivity contribution in [2.24, 2.45) is 0 Å². The van der Waals surface area contributed by atoms with Crippen LogP contribution >= 0.6 is 0 Å². The molecule has 0 saturated heterocycles. The molecule has 1 aromatic heterocycles. The Balaban J connectivity index is 1.98. The number of methoxy groups -OCH3 is 1. The normalized spacial score (nSPS) is 14.6. The van der Waals surface area contributed by atoms with E-state index in [1.807, 2.05) is 0 Å². The van der Waals surface area contributed by atoms with E-state index in [0.29, 0.717) is 16.9 Å². The third-order valence-corrected chi connectivity index (χ3v) is 6.34. The summed E-state index contributed by atoms with van der Waals surface area (Å²) in [6.45, 7) is 3.25. The standard InChI is InChI=1S/C16H19N3O6S/c1-9-6-12(24-3)7-10(2)14(9)26(22,23)19(11-4-5-11)8-13-17-18-15(25-13)16(20)21/h6-7,11H,4-5,8H2,1-3H3,(H,20,21). The van der Waals surface area contributed by atoms with Crippen LogP contribution in [0.15, 0.2) is 21.4 Å². The molecule has 0 amide bonds. The number of ether oxygens (including phenoxy) is 1. The van der Waals surface area contributed by atoms with Gasteiger partial charge in [0.2, 0.25) is 15.9 Å². The zero-order valence-electron chi connectivity index (χ0n) is 14.6. The van der Waals surface area contributed by atoms with Crippen molar-refractivity contribution >= 4 is 16.0 Å². The van der Waals surface area contributed by atoms with Gasteiger partial charge >= 0.3 is 11.9 Å². The number of sulfonamides is 1. The molecule has 1 fully saturated rings. The van der Waals surface area contributed by atoms with Crippen molar-refractivity contribution in [3.05, 3.63) is 35.0 Å². The fraction of sp³-hybridized carbons (Fsp3) is 0.438. The number of carboxylic acid groups (broad SMARTS) is 1. The number of hydrogen-bond acceptors (Lipinski definition) is 7. The summed E-state index contributed by atoms with van der Waals surface area (Å²) in [5, 5.41) is 15.9. The van der Waals surface area contributed by atoms with Crippen LogP contribution in [0.3, 0.4) is 0 Å². The SMILES string of the molecule is COc1cc(C)c(S(=O)(=O)N(Cc2nnc(C(=O)O)o2)C2CC2)c(C)c1. The van der Waals surface area contributed by atoms with Crippen molar-refractivity contribution in [3.8, 4) is 5.75 Å². The second-order valence-corrected chi connectivity index (χ2v) is 8.01. The molecular formula is C16H19N3O6S. The molecule has 1 saturated carbocycles. The molecule has 0 unspecified atom stereocenters. The second-order valence-electron chi connectivity index (χ2n) is 6.18. The molecule has 2 aromatic rings. The maximum Gasteiger partial charge on any atom is 0.393 e. The molecule has 1 aliphatic carbocycles. The lowest BCUT2D eigenvalue weighted by molar-refractivity contribution is 0.0650. The number of hydrogen-bond donors (Lipinski definition) is 1. The fourth-order valence-corrected chi connectivity index (χ4v) is 4.91. The Morgan fingerprint density at radius 3 is 2.38 bits per heavy atom. The van der Waals surface area contributed by atoms with Crippen LogP contribution < -0.4 is 4.74 Å². The topological polar surface area (TPSA) is 123 Å². The van der Waals surface area contributed by atoms with Crippen molar-refractivity contribution in [1.29, 1.82) is 0 Å². The van der Waals surface area contributed by atoms with E-state index >= 15 is 0 Å². The van der Waals surface area contributed by atoms with E-state index in [2.05, 4.69) is 10.2 Å². The molecule has 3 rings (SSSR count). The summed E-state index contributed by atoms with van der Waals surface area (Å²) in [5.74, 6) is -1.39. The molecule has 0 spiro atoms. The van der Waals surface area contributed by atoms with Crippen LogP contribution in [0, 0.1) is 13.8 Å². The number of aromatic carboxylic acids is 1. The van der Waals surface area contributed by atoms with Crippen LogP contribution in [0.1, 0.15) is 40.5 Å². The summed E-state index contributed by atoms with van der Waals surface area (Å²) in [4.78, 5) is 11.1. The van der Waals surface area contributed by atoms with Crippen molar-refractivity contribution in [2.75, 3.05) is 7.11 Å². The monoisotopic (exact) mass is 381 g/mol. The Hall–Kier alpha value is -2.46. The highest BCUT2D eigenvalue weighted by atomic mass is 32.2. The first kappa shape index (κ1) is 18.3. The zero-order chi connectivity index (χ0) is 19.1. The summed E-state index contributed by atoms with van der Waals surface area (Å²) >= 11 is 0. The number of rotatable bonds is 7. The smallest absolute Gasteiger partial charge is 0.393 e. The van der Waals surface area contributed by atoms with Crippen LogP contribution in [0.4, 0.5) is 0 Å². The minimum absolute atomic E-state index is 0.0540. The van der Waals surface area contributed by atoms with Gasteiger partial charge in [-0.3, -0.25) is 0 Å². The van der Waals surface area contributed by atoms with Gasteiger partial charge in [-0.2, -0.15) is 4.31 Å². The lowest BCUT2D eigenvalue weighted by Gasteiger charge is -2.23. The molecule has 0 atom stereocenters. The quantitative estimate of drug-likeness (QED) is 0.769. The van der Waals surface area contributed by atoms with Crippen molar-refractivity contribution in [2.45, 2.75) is 44.2 Å². The van der Waals surface area contributed by atoms with Gasteiger partial charge in [-0.15, -0.1) is 10.2 Å². The average molecular weight is 381 g/mol. The second kappa shape index (κ2) is 6.69. The van der Waals surface area contributed by atoms with E-state index in [4.69, 9.17) is 14.3 Å². The molecule has 1 aliphatic rings. The Bertz CT molecular complexity index is 926. The first-order valence-corrected chi connectivity index (χ1v) is 9.40. The number of aryl methyl sites for hydroxylation is 2. The van der Waals surface area contributed by atoms with Crippen LogP contribution in [0.5, 0.6) is 5.75 Å². The molecule has 140 valence electrons. The Kier molecular flexibility index (Phi) is 4.72. The molecule has 0 aliphatic heterocycles. The van der Waals surface area contributed by atoms with Gasteiger partial charge in [0.15, 0.2) is 0 Å². The van der Waals surface area contributed by atoms with Crippen molar-refractivity contribution in [3.63, 3.8) is 0 Å². The van der Waals surface area contributed by atoms with Crippen LogP contribution in [-0.2, 0) is 16.6 Å². The number of benzene rings is 1. The van der Waals surface area contributed by atoms with Gasteiger partial charge < -0.3 is 14.3 Å². The van der Waals surface area contributed by atoms with Crippen LogP contribution in [-0.4, -0.2) is 47.1 Å². The highest BCUT2D eigenvalue weighted by molar-refractivity contribution is 7.89. The highest BCUT2D eigenvalue weighted by Gasteiger charge is 2.40. The Morgan fingerprint density at radius 2 is 1.92 bits per heavy atom.